The molecule has 0 saturated heterocycles. The molecule has 5 heteroatoms. The molecule has 3 rings (SSSR count). The molecular formula is C22H29N3O2. The number of aliphatic hydroxyl groups excluding tert-OH is 1. The Bertz CT molecular complexity index is 782. The predicted octanol–water partition coefficient (Wildman–Crippen LogP) is 3.59. The topological polar surface area (TPSA) is 65.5 Å². The Kier molecular flexibility index (Phi) is 5.80. The standard InChI is InChI=1S/C22H29N3O2/c1-16-7-8-19(17(2)12-16)20(18-6-4-11-23-13-18)24-21(27)25(3)14-22(15-26)9-5-10-22/h4,6-8,11-13,20,26H,5,9-10,14-15H2,1-3H3,(H,24,27)/t20-/m0/s1. The number of hydrogen-bond acceptors (Lipinski definition) is 3. The van der Waals surface area contributed by atoms with Crippen molar-refractivity contribution in [2.24, 2.45) is 5.41 Å². The first-order valence-electron chi connectivity index (χ1n) is 9.54. The number of aliphatic hydroxyl groups is 1. The van der Waals surface area contributed by atoms with E-state index in [-0.39, 0.29) is 24.1 Å². The number of hydrogen-bond donors (Lipinski definition) is 2. The molecule has 1 aromatic carbocycles. The van der Waals surface area contributed by atoms with Gasteiger partial charge < -0.3 is 15.3 Å². The number of aryl methyl sites for hydroxylation is 2. The lowest BCUT2D eigenvalue weighted by Gasteiger charge is -2.43. The second-order valence-corrected chi connectivity index (χ2v) is 7.90. The fourth-order valence-corrected chi connectivity index (χ4v) is 3.89. The van der Waals surface area contributed by atoms with Crippen LogP contribution in [0.25, 0.3) is 0 Å². The number of rotatable bonds is 6. The summed E-state index contributed by atoms with van der Waals surface area (Å²) in [5.74, 6) is 0. The summed E-state index contributed by atoms with van der Waals surface area (Å²) in [6.07, 6.45) is 6.61. The molecule has 0 radical (unpaired) electrons. The van der Waals surface area contributed by atoms with E-state index in [2.05, 4.69) is 42.3 Å². The summed E-state index contributed by atoms with van der Waals surface area (Å²) in [7, 11) is 1.80. The quantitative estimate of drug-likeness (QED) is 0.820. The molecule has 1 aliphatic carbocycles. The monoisotopic (exact) mass is 367 g/mol. The summed E-state index contributed by atoms with van der Waals surface area (Å²) in [6.45, 7) is 4.83. The minimum atomic E-state index is -0.263. The summed E-state index contributed by atoms with van der Waals surface area (Å²) >= 11 is 0. The van der Waals surface area contributed by atoms with Crippen molar-refractivity contribution >= 4 is 6.03 Å². The second-order valence-electron chi connectivity index (χ2n) is 7.90. The molecule has 1 fully saturated rings. The van der Waals surface area contributed by atoms with Crippen LogP contribution in [0.5, 0.6) is 0 Å². The Morgan fingerprint density at radius 3 is 2.67 bits per heavy atom. The Labute approximate surface area is 161 Å². The highest BCUT2D eigenvalue weighted by Gasteiger charge is 2.38. The number of nitrogens with one attached hydrogen (secondary N) is 1. The number of aromatic nitrogens is 1. The molecule has 1 aromatic heterocycles. The molecule has 27 heavy (non-hydrogen) atoms. The highest BCUT2D eigenvalue weighted by Crippen LogP contribution is 2.40. The van der Waals surface area contributed by atoms with Gasteiger partial charge in [-0.25, -0.2) is 4.79 Å². The van der Waals surface area contributed by atoms with Gasteiger partial charge in [0, 0.05) is 31.4 Å². The number of benzene rings is 1. The number of carbonyl (C=O) groups is 1. The summed E-state index contributed by atoms with van der Waals surface area (Å²) in [4.78, 5) is 18.8. The zero-order chi connectivity index (χ0) is 19.4. The SMILES string of the molecule is Cc1ccc([C@@H](NC(=O)N(C)CC2(CO)CCC2)c2cccnc2)c(C)c1. The van der Waals surface area contributed by atoms with Crippen molar-refractivity contribution in [3.05, 3.63) is 65.0 Å². The van der Waals surface area contributed by atoms with E-state index in [0.717, 1.165) is 36.0 Å². The van der Waals surface area contributed by atoms with Gasteiger partial charge in [-0.1, -0.05) is 36.2 Å². The minimum absolute atomic E-state index is 0.129. The van der Waals surface area contributed by atoms with E-state index >= 15 is 0 Å². The summed E-state index contributed by atoms with van der Waals surface area (Å²) < 4.78 is 0. The molecule has 2 aromatic rings. The number of nitrogens with zero attached hydrogens (tertiary/aromatic N) is 2. The lowest BCUT2D eigenvalue weighted by atomic mass is 9.69. The first-order valence-corrected chi connectivity index (χ1v) is 9.54. The van der Waals surface area contributed by atoms with Gasteiger partial charge in [0.05, 0.1) is 12.6 Å². The Hall–Kier alpha value is -2.40. The fourth-order valence-electron chi connectivity index (χ4n) is 3.89. The van der Waals surface area contributed by atoms with Gasteiger partial charge in [-0.3, -0.25) is 4.98 Å². The molecule has 2 amide bonds. The summed E-state index contributed by atoms with van der Waals surface area (Å²) in [5, 5.41) is 12.9. The van der Waals surface area contributed by atoms with Crippen molar-refractivity contribution in [1.29, 1.82) is 0 Å². The average molecular weight is 367 g/mol. The van der Waals surface area contributed by atoms with Gasteiger partial charge in [-0.15, -0.1) is 0 Å². The summed E-state index contributed by atoms with van der Waals surface area (Å²) in [6, 6.07) is 9.74. The van der Waals surface area contributed by atoms with Crippen molar-refractivity contribution < 1.29 is 9.90 Å². The molecule has 1 saturated carbocycles. The van der Waals surface area contributed by atoms with Gasteiger partial charge in [-0.05, 0) is 49.4 Å². The van der Waals surface area contributed by atoms with Crippen LogP contribution in [0.3, 0.4) is 0 Å². The molecule has 1 aliphatic rings. The van der Waals surface area contributed by atoms with E-state index in [0.29, 0.717) is 6.54 Å². The Balaban J connectivity index is 1.82. The van der Waals surface area contributed by atoms with Crippen molar-refractivity contribution in [3.63, 3.8) is 0 Å². The van der Waals surface area contributed by atoms with E-state index in [1.165, 1.54) is 5.56 Å². The average Bonchev–Trinajstić information content (AvgIpc) is 2.63. The van der Waals surface area contributed by atoms with Crippen LogP contribution >= 0.6 is 0 Å². The van der Waals surface area contributed by atoms with Crippen LogP contribution in [0.1, 0.15) is 47.6 Å². The third kappa shape index (κ3) is 4.30. The van der Waals surface area contributed by atoms with Crippen molar-refractivity contribution in [2.75, 3.05) is 20.2 Å². The van der Waals surface area contributed by atoms with E-state index in [4.69, 9.17) is 0 Å². The largest absolute Gasteiger partial charge is 0.396 e. The molecule has 144 valence electrons. The molecule has 1 atom stereocenters. The van der Waals surface area contributed by atoms with Gasteiger partial charge in [0.25, 0.3) is 0 Å². The lowest BCUT2D eigenvalue weighted by molar-refractivity contribution is 0.0228. The Morgan fingerprint density at radius 1 is 1.33 bits per heavy atom. The molecule has 5 nitrogen and oxygen atoms in total. The first kappa shape index (κ1) is 19.4. The van der Waals surface area contributed by atoms with Gasteiger partial charge in [0.2, 0.25) is 0 Å². The van der Waals surface area contributed by atoms with Gasteiger partial charge in [0.1, 0.15) is 0 Å². The molecule has 0 spiro atoms. The van der Waals surface area contributed by atoms with Crippen molar-refractivity contribution in [2.45, 2.75) is 39.2 Å². The van der Waals surface area contributed by atoms with Crippen LogP contribution in [0.4, 0.5) is 4.79 Å². The maximum absolute atomic E-state index is 12.9. The lowest BCUT2D eigenvalue weighted by Crippen LogP contribution is -2.49. The number of pyridine rings is 1. The van der Waals surface area contributed by atoms with E-state index < -0.39 is 0 Å². The van der Waals surface area contributed by atoms with Crippen molar-refractivity contribution in [3.8, 4) is 0 Å². The molecule has 0 unspecified atom stereocenters. The van der Waals surface area contributed by atoms with E-state index in [1.807, 2.05) is 12.1 Å². The maximum Gasteiger partial charge on any atom is 0.317 e. The van der Waals surface area contributed by atoms with Gasteiger partial charge >= 0.3 is 6.03 Å². The first-order chi connectivity index (χ1) is 12.9. The normalized spacial score (nSPS) is 16.3. The third-order valence-electron chi connectivity index (χ3n) is 5.69. The van der Waals surface area contributed by atoms with Crippen LogP contribution in [0.15, 0.2) is 42.7 Å². The Morgan fingerprint density at radius 2 is 2.11 bits per heavy atom. The number of urea groups is 1. The highest BCUT2D eigenvalue weighted by atomic mass is 16.3. The molecule has 0 aliphatic heterocycles. The maximum atomic E-state index is 12.9. The van der Waals surface area contributed by atoms with Crippen LogP contribution in [-0.4, -0.2) is 41.2 Å². The summed E-state index contributed by atoms with van der Waals surface area (Å²) in [5.41, 5.74) is 4.22. The van der Waals surface area contributed by atoms with Crippen LogP contribution in [0.2, 0.25) is 0 Å². The zero-order valence-electron chi connectivity index (χ0n) is 16.4. The second kappa shape index (κ2) is 8.09. The fraction of sp³-hybridized carbons (Fsp3) is 0.455. The van der Waals surface area contributed by atoms with E-state index in [1.54, 1.807) is 24.3 Å². The predicted molar refractivity (Wildman–Crippen MR) is 107 cm³/mol. The van der Waals surface area contributed by atoms with Crippen LogP contribution in [0, 0.1) is 19.3 Å². The van der Waals surface area contributed by atoms with Crippen LogP contribution < -0.4 is 5.32 Å². The van der Waals surface area contributed by atoms with Crippen LogP contribution in [-0.2, 0) is 0 Å². The number of carbonyl (C=O) groups excluding carboxylic acids is 1. The molecule has 2 N–H and O–H groups in total. The highest BCUT2D eigenvalue weighted by molar-refractivity contribution is 5.75. The van der Waals surface area contributed by atoms with Gasteiger partial charge in [-0.2, -0.15) is 0 Å². The van der Waals surface area contributed by atoms with Gasteiger partial charge in [0.15, 0.2) is 0 Å². The smallest absolute Gasteiger partial charge is 0.317 e. The van der Waals surface area contributed by atoms with Crippen molar-refractivity contribution in [1.82, 2.24) is 15.2 Å². The zero-order valence-corrected chi connectivity index (χ0v) is 16.4. The minimum Gasteiger partial charge on any atom is -0.396 e. The molecule has 0 bridgehead atoms. The molecular weight excluding hydrogens is 338 g/mol. The molecule has 1 heterocycles. The van der Waals surface area contributed by atoms with E-state index in [9.17, 15) is 9.90 Å². The number of amides is 2. The third-order valence-corrected chi connectivity index (χ3v) is 5.69.